The largest absolute Gasteiger partial charge is 0.229 e. The maximum atomic E-state index is 11.5. The highest BCUT2D eigenvalue weighted by atomic mass is 79.9. The standard InChI is InChI=1S/C9H17BrO2S/c1-2-13(11,12)8-9(7-10)5-3-4-6-9/h2-8H2,1H3. The highest BCUT2D eigenvalue weighted by molar-refractivity contribution is 9.09. The molecule has 2 nitrogen and oxygen atoms in total. The van der Waals surface area contributed by atoms with Crippen molar-refractivity contribution in [2.24, 2.45) is 5.41 Å². The SMILES string of the molecule is CCS(=O)(=O)CC1(CBr)CCCC1. The van der Waals surface area contributed by atoms with E-state index in [9.17, 15) is 8.42 Å². The van der Waals surface area contributed by atoms with Crippen molar-refractivity contribution in [3.8, 4) is 0 Å². The predicted molar refractivity (Wildman–Crippen MR) is 59.0 cm³/mol. The number of hydrogen-bond donors (Lipinski definition) is 0. The van der Waals surface area contributed by atoms with E-state index in [1.807, 2.05) is 0 Å². The van der Waals surface area contributed by atoms with Crippen molar-refractivity contribution >= 4 is 25.8 Å². The summed E-state index contributed by atoms with van der Waals surface area (Å²) in [4.78, 5) is 0. The first-order valence-corrected chi connectivity index (χ1v) is 7.74. The van der Waals surface area contributed by atoms with Crippen LogP contribution in [0, 0.1) is 5.41 Å². The first kappa shape index (κ1) is 11.5. The van der Waals surface area contributed by atoms with Gasteiger partial charge >= 0.3 is 0 Å². The van der Waals surface area contributed by atoms with Gasteiger partial charge in [0.25, 0.3) is 0 Å². The highest BCUT2D eigenvalue weighted by Gasteiger charge is 2.36. The van der Waals surface area contributed by atoms with Crippen LogP contribution in [-0.4, -0.2) is 25.3 Å². The summed E-state index contributed by atoms with van der Waals surface area (Å²) < 4.78 is 23.0. The van der Waals surface area contributed by atoms with E-state index in [4.69, 9.17) is 0 Å². The maximum Gasteiger partial charge on any atom is 0.150 e. The molecule has 78 valence electrons. The Hall–Kier alpha value is 0.430. The first-order valence-electron chi connectivity index (χ1n) is 4.80. The molecular formula is C9H17BrO2S. The van der Waals surface area contributed by atoms with Crippen LogP contribution < -0.4 is 0 Å². The quantitative estimate of drug-likeness (QED) is 0.734. The average Bonchev–Trinajstić information content (AvgIpc) is 2.53. The molecule has 0 aliphatic heterocycles. The molecule has 0 amide bonds. The Morgan fingerprint density at radius 3 is 2.23 bits per heavy atom. The second-order valence-electron chi connectivity index (χ2n) is 4.02. The Labute approximate surface area is 89.1 Å². The van der Waals surface area contributed by atoms with Gasteiger partial charge < -0.3 is 0 Å². The van der Waals surface area contributed by atoms with Crippen LogP contribution in [0.25, 0.3) is 0 Å². The second kappa shape index (κ2) is 4.30. The summed E-state index contributed by atoms with van der Waals surface area (Å²) in [5.41, 5.74) is 0.0504. The zero-order valence-electron chi connectivity index (χ0n) is 8.05. The van der Waals surface area contributed by atoms with E-state index in [1.54, 1.807) is 6.92 Å². The van der Waals surface area contributed by atoms with E-state index in [0.29, 0.717) is 5.75 Å². The summed E-state index contributed by atoms with van der Waals surface area (Å²) in [6, 6.07) is 0. The van der Waals surface area contributed by atoms with Gasteiger partial charge in [0.1, 0.15) is 0 Å². The summed E-state index contributed by atoms with van der Waals surface area (Å²) in [5.74, 6) is 0.656. The van der Waals surface area contributed by atoms with Crippen LogP contribution in [0.2, 0.25) is 0 Å². The van der Waals surface area contributed by atoms with Crippen LogP contribution in [0.1, 0.15) is 32.6 Å². The number of halogens is 1. The normalized spacial score (nSPS) is 22.0. The molecule has 1 aliphatic carbocycles. The molecule has 0 aromatic carbocycles. The number of sulfone groups is 1. The Morgan fingerprint density at radius 1 is 1.31 bits per heavy atom. The van der Waals surface area contributed by atoms with Crippen LogP contribution in [0.4, 0.5) is 0 Å². The molecule has 13 heavy (non-hydrogen) atoms. The number of rotatable bonds is 4. The lowest BCUT2D eigenvalue weighted by Crippen LogP contribution is -2.29. The van der Waals surface area contributed by atoms with Crippen molar-refractivity contribution in [2.75, 3.05) is 16.8 Å². The van der Waals surface area contributed by atoms with Crippen LogP contribution in [0.5, 0.6) is 0 Å². The highest BCUT2D eigenvalue weighted by Crippen LogP contribution is 2.40. The molecule has 1 saturated carbocycles. The van der Waals surface area contributed by atoms with Gasteiger partial charge in [0.2, 0.25) is 0 Å². The summed E-state index contributed by atoms with van der Waals surface area (Å²) in [7, 11) is -2.80. The molecule has 0 bridgehead atoms. The lowest BCUT2D eigenvalue weighted by atomic mass is 9.92. The van der Waals surface area contributed by atoms with Crippen LogP contribution in [-0.2, 0) is 9.84 Å². The van der Waals surface area contributed by atoms with E-state index in [-0.39, 0.29) is 11.2 Å². The van der Waals surface area contributed by atoms with Crippen LogP contribution >= 0.6 is 15.9 Å². The van der Waals surface area contributed by atoms with Gasteiger partial charge in [-0.2, -0.15) is 0 Å². The minimum atomic E-state index is -2.80. The van der Waals surface area contributed by atoms with E-state index in [0.717, 1.165) is 18.2 Å². The molecule has 0 spiro atoms. The molecule has 0 aromatic heterocycles. The van der Waals surface area contributed by atoms with Gasteiger partial charge in [0, 0.05) is 11.1 Å². The fourth-order valence-corrected chi connectivity index (χ4v) is 4.56. The van der Waals surface area contributed by atoms with Crippen molar-refractivity contribution in [2.45, 2.75) is 32.6 Å². The van der Waals surface area contributed by atoms with Crippen LogP contribution in [0.15, 0.2) is 0 Å². The van der Waals surface area contributed by atoms with E-state index < -0.39 is 9.84 Å². The Balaban J connectivity index is 2.69. The third-order valence-corrected chi connectivity index (χ3v) is 6.03. The summed E-state index contributed by atoms with van der Waals surface area (Å²) >= 11 is 3.45. The van der Waals surface area contributed by atoms with Gasteiger partial charge in [-0.3, -0.25) is 0 Å². The van der Waals surface area contributed by atoms with Gasteiger partial charge in [-0.15, -0.1) is 0 Å². The minimum absolute atomic E-state index is 0.0504. The molecule has 0 heterocycles. The zero-order chi connectivity index (χ0) is 9.95. The maximum absolute atomic E-state index is 11.5. The zero-order valence-corrected chi connectivity index (χ0v) is 10.5. The molecule has 4 heteroatoms. The summed E-state index contributed by atoms with van der Waals surface area (Å²) in [6.45, 7) is 1.73. The summed E-state index contributed by atoms with van der Waals surface area (Å²) in [5, 5.41) is 0.833. The van der Waals surface area contributed by atoms with Crippen molar-refractivity contribution in [1.82, 2.24) is 0 Å². The lowest BCUT2D eigenvalue weighted by molar-refractivity contribution is 0.394. The van der Waals surface area contributed by atoms with Crippen molar-refractivity contribution in [3.05, 3.63) is 0 Å². The van der Waals surface area contributed by atoms with Crippen molar-refractivity contribution < 1.29 is 8.42 Å². The molecular weight excluding hydrogens is 252 g/mol. The van der Waals surface area contributed by atoms with Crippen LogP contribution in [0.3, 0.4) is 0 Å². The van der Waals surface area contributed by atoms with Gasteiger partial charge in [-0.1, -0.05) is 35.7 Å². The summed E-state index contributed by atoms with van der Waals surface area (Å²) in [6.07, 6.45) is 4.50. The Kier molecular flexibility index (Phi) is 3.81. The van der Waals surface area contributed by atoms with Gasteiger partial charge in [0.15, 0.2) is 9.84 Å². The monoisotopic (exact) mass is 268 g/mol. The fourth-order valence-electron chi connectivity index (χ4n) is 2.01. The second-order valence-corrected chi connectivity index (χ2v) is 6.93. The third-order valence-electron chi connectivity index (χ3n) is 2.91. The van der Waals surface area contributed by atoms with Gasteiger partial charge in [-0.05, 0) is 18.3 Å². The van der Waals surface area contributed by atoms with E-state index in [1.165, 1.54) is 12.8 Å². The van der Waals surface area contributed by atoms with Crippen molar-refractivity contribution in [3.63, 3.8) is 0 Å². The topological polar surface area (TPSA) is 34.1 Å². The molecule has 0 atom stereocenters. The van der Waals surface area contributed by atoms with Gasteiger partial charge in [-0.25, -0.2) is 8.42 Å². The predicted octanol–water partition coefficient (Wildman–Crippen LogP) is 2.38. The molecule has 0 radical (unpaired) electrons. The fraction of sp³-hybridized carbons (Fsp3) is 1.00. The van der Waals surface area contributed by atoms with E-state index in [2.05, 4.69) is 15.9 Å². The molecule has 1 fully saturated rings. The van der Waals surface area contributed by atoms with E-state index >= 15 is 0 Å². The molecule has 0 N–H and O–H groups in total. The molecule has 0 aromatic rings. The number of alkyl halides is 1. The average molecular weight is 269 g/mol. The minimum Gasteiger partial charge on any atom is -0.229 e. The smallest absolute Gasteiger partial charge is 0.150 e. The molecule has 1 aliphatic rings. The molecule has 0 saturated heterocycles. The third kappa shape index (κ3) is 2.94. The lowest BCUT2D eigenvalue weighted by Gasteiger charge is -2.25. The van der Waals surface area contributed by atoms with Gasteiger partial charge in [0.05, 0.1) is 5.75 Å². The first-order chi connectivity index (χ1) is 6.04. The Bertz CT molecular complexity index is 253. The number of hydrogen-bond acceptors (Lipinski definition) is 2. The molecule has 1 rings (SSSR count). The van der Waals surface area contributed by atoms with Crippen molar-refractivity contribution in [1.29, 1.82) is 0 Å². The Morgan fingerprint density at radius 2 is 1.85 bits per heavy atom. The molecule has 0 unspecified atom stereocenters.